The number of rotatable bonds is 8. The summed E-state index contributed by atoms with van der Waals surface area (Å²) in [5.74, 6) is 2.21. The Morgan fingerprint density at radius 2 is 2.00 bits per heavy atom. The normalized spacial score (nSPS) is 27.5. The molecule has 3 aliphatic rings. The molecule has 1 aromatic carbocycles. The van der Waals surface area contributed by atoms with Gasteiger partial charge in [0.2, 0.25) is 0 Å². The Kier molecular flexibility index (Phi) is 6.29. The molecular formula is C27H35N3O. The molecule has 164 valence electrons. The van der Waals surface area contributed by atoms with Gasteiger partial charge >= 0.3 is 0 Å². The number of hydrogen-bond donors (Lipinski definition) is 2. The summed E-state index contributed by atoms with van der Waals surface area (Å²) < 4.78 is 0. The molecule has 4 nitrogen and oxygen atoms in total. The first kappa shape index (κ1) is 21.8. The predicted octanol–water partition coefficient (Wildman–Crippen LogP) is 5.42. The van der Waals surface area contributed by atoms with E-state index in [1.807, 2.05) is 0 Å². The van der Waals surface area contributed by atoms with E-state index in [1.165, 1.54) is 16.7 Å². The lowest BCUT2D eigenvalue weighted by Crippen LogP contribution is -2.42. The summed E-state index contributed by atoms with van der Waals surface area (Å²) in [6, 6.07) is 9.31. The van der Waals surface area contributed by atoms with Crippen LogP contribution >= 0.6 is 0 Å². The van der Waals surface area contributed by atoms with Crippen LogP contribution < -0.4 is 5.32 Å². The van der Waals surface area contributed by atoms with Crippen molar-refractivity contribution in [3.05, 3.63) is 71.5 Å². The van der Waals surface area contributed by atoms with Gasteiger partial charge in [-0.15, -0.1) is 0 Å². The predicted molar refractivity (Wildman–Crippen MR) is 130 cm³/mol. The van der Waals surface area contributed by atoms with E-state index in [0.29, 0.717) is 24.3 Å². The molecule has 31 heavy (non-hydrogen) atoms. The number of aliphatic hydroxyl groups excluding tert-OH is 1. The van der Waals surface area contributed by atoms with Crippen molar-refractivity contribution in [3.63, 3.8) is 0 Å². The molecule has 0 aromatic heterocycles. The Bertz CT molecular complexity index is 945. The minimum absolute atomic E-state index is 0.140. The molecule has 0 bridgehead atoms. The second kappa shape index (κ2) is 8.96. The molecule has 1 unspecified atom stereocenters. The van der Waals surface area contributed by atoms with E-state index in [9.17, 15) is 5.11 Å². The zero-order valence-corrected chi connectivity index (χ0v) is 19.1. The number of hydrogen-bond acceptors (Lipinski definition) is 4. The SMILES string of the molecule is C=C(O)C1CC(NCC2=CCC(C)(C3=NCC(c4ccc(CC(C)C)cc4)=N3)C=C2)C1. The summed E-state index contributed by atoms with van der Waals surface area (Å²) in [7, 11) is 0. The molecule has 2 N–H and O–H groups in total. The topological polar surface area (TPSA) is 57.0 Å². The molecule has 0 spiro atoms. The van der Waals surface area contributed by atoms with Crippen molar-refractivity contribution in [2.24, 2.45) is 27.2 Å². The smallest absolute Gasteiger partial charge is 0.134 e. The van der Waals surface area contributed by atoms with E-state index < -0.39 is 0 Å². The summed E-state index contributed by atoms with van der Waals surface area (Å²) in [5, 5.41) is 13.0. The maximum absolute atomic E-state index is 9.44. The lowest BCUT2D eigenvalue weighted by Gasteiger charge is -2.35. The number of aliphatic hydroxyl groups is 1. The summed E-state index contributed by atoms with van der Waals surface area (Å²) in [5.41, 5.74) is 4.80. The van der Waals surface area contributed by atoms with Crippen LogP contribution in [0.1, 0.15) is 51.2 Å². The van der Waals surface area contributed by atoms with Crippen LogP contribution in [0.2, 0.25) is 0 Å². The van der Waals surface area contributed by atoms with Crippen molar-refractivity contribution in [1.82, 2.24) is 5.32 Å². The molecule has 1 atom stereocenters. The average Bonchev–Trinajstić information content (AvgIpc) is 3.19. The van der Waals surface area contributed by atoms with Crippen LogP contribution in [0.15, 0.2) is 70.4 Å². The van der Waals surface area contributed by atoms with Gasteiger partial charge in [0.05, 0.1) is 18.0 Å². The highest BCUT2D eigenvalue weighted by atomic mass is 16.3. The highest BCUT2D eigenvalue weighted by Crippen LogP contribution is 2.34. The molecule has 2 aliphatic carbocycles. The Hall–Kier alpha value is -2.46. The zero-order chi connectivity index (χ0) is 22.0. The number of allylic oxidation sites excluding steroid dienone is 2. The van der Waals surface area contributed by atoms with Crippen molar-refractivity contribution in [2.45, 2.75) is 52.5 Å². The van der Waals surface area contributed by atoms with Gasteiger partial charge in [-0.25, -0.2) is 4.99 Å². The third kappa shape index (κ3) is 5.07. The van der Waals surface area contributed by atoms with Gasteiger partial charge in [0.1, 0.15) is 5.84 Å². The van der Waals surface area contributed by atoms with Crippen molar-refractivity contribution in [2.75, 3.05) is 13.1 Å². The lowest BCUT2D eigenvalue weighted by molar-refractivity contribution is 0.195. The van der Waals surface area contributed by atoms with Gasteiger partial charge in [-0.2, -0.15) is 0 Å². The van der Waals surface area contributed by atoms with Crippen LogP contribution in [-0.2, 0) is 6.42 Å². The standard InChI is InChI=1S/C27H35N3O/c1-18(2)13-20-5-7-22(8-6-20)25-17-29-26(30-25)27(4)11-9-21(10-12-27)16-28-24-14-23(15-24)19(3)31/h5-11,18,23-24,28,31H,3,12-17H2,1-2,4H3. The van der Waals surface area contributed by atoms with E-state index in [0.717, 1.165) is 43.8 Å². The summed E-state index contributed by atoms with van der Waals surface area (Å²) in [6.45, 7) is 11.9. The largest absolute Gasteiger partial charge is 0.513 e. The van der Waals surface area contributed by atoms with Crippen LogP contribution in [0.3, 0.4) is 0 Å². The molecule has 1 aromatic rings. The third-order valence-corrected chi connectivity index (χ3v) is 6.72. The molecule has 4 heteroatoms. The molecule has 1 aliphatic heterocycles. The molecule has 4 rings (SSSR count). The minimum Gasteiger partial charge on any atom is -0.513 e. The highest BCUT2D eigenvalue weighted by Gasteiger charge is 2.33. The van der Waals surface area contributed by atoms with E-state index in [2.05, 4.69) is 75.2 Å². The second-order valence-electron chi connectivity index (χ2n) is 9.96. The first-order valence-electron chi connectivity index (χ1n) is 11.5. The molecule has 0 amide bonds. The number of benzene rings is 1. The van der Waals surface area contributed by atoms with Gasteiger partial charge in [-0.1, -0.05) is 62.9 Å². The van der Waals surface area contributed by atoms with Gasteiger partial charge in [0, 0.05) is 23.9 Å². The van der Waals surface area contributed by atoms with E-state index in [4.69, 9.17) is 9.98 Å². The highest BCUT2D eigenvalue weighted by molar-refractivity contribution is 6.14. The van der Waals surface area contributed by atoms with Gasteiger partial charge in [0.25, 0.3) is 0 Å². The van der Waals surface area contributed by atoms with E-state index in [-0.39, 0.29) is 11.3 Å². The molecule has 1 fully saturated rings. The molecule has 0 saturated heterocycles. The molecule has 0 radical (unpaired) electrons. The second-order valence-corrected chi connectivity index (χ2v) is 9.96. The fraction of sp³-hybridized carbons (Fsp3) is 0.481. The van der Waals surface area contributed by atoms with Gasteiger partial charge in [-0.3, -0.25) is 4.99 Å². The van der Waals surface area contributed by atoms with E-state index in [1.54, 1.807) is 0 Å². The minimum atomic E-state index is -0.140. The van der Waals surface area contributed by atoms with E-state index >= 15 is 0 Å². The maximum Gasteiger partial charge on any atom is 0.134 e. The van der Waals surface area contributed by atoms with Crippen molar-refractivity contribution in [3.8, 4) is 0 Å². The average molecular weight is 418 g/mol. The quantitative estimate of drug-likeness (QED) is 0.555. The fourth-order valence-corrected chi connectivity index (χ4v) is 4.50. The van der Waals surface area contributed by atoms with Crippen molar-refractivity contribution < 1.29 is 5.11 Å². The fourth-order valence-electron chi connectivity index (χ4n) is 4.50. The lowest BCUT2D eigenvalue weighted by atomic mass is 9.78. The van der Waals surface area contributed by atoms with Crippen LogP contribution in [-0.4, -0.2) is 35.8 Å². The van der Waals surface area contributed by atoms with Gasteiger partial charge < -0.3 is 10.4 Å². The number of aliphatic imine (C=N–C) groups is 2. The first-order valence-corrected chi connectivity index (χ1v) is 11.5. The Morgan fingerprint density at radius 1 is 1.26 bits per heavy atom. The van der Waals surface area contributed by atoms with Gasteiger partial charge in [-0.05, 0) is 55.2 Å². The monoisotopic (exact) mass is 417 g/mol. The van der Waals surface area contributed by atoms with Crippen molar-refractivity contribution >= 4 is 11.5 Å². The molecule has 1 heterocycles. The van der Waals surface area contributed by atoms with Gasteiger partial charge in [0.15, 0.2) is 0 Å². The third-order valence-electron chi connectivity index (χ3n) is 6.72. The number of nitrogens with zero attached hydrogens (tertiary/aromatic N) is 2. The Labute approximate surface area is 186 Å². The van der Waals surface area contributed by atoms with Crippen LogP contribution in [0.5, 0.6) is 0 Å². The van der Waals surface area contributed by atoms with Crippen molar-refractivity contribution in [1.29, 1.82) is 0 Å². The first-order chi connectivity index (χ1) is 14.8. The molecular weight excluding hydrogens is 382 g/mol. The summed E-state index contributed by atoms with van der Waals surface area (Å²) in [4.78, 5) is 9.72. The van der Waals surface area contributed by atoms with Crippen LogP contribution in [0, 0.1) is 17.3 Å². The summed E-state index contributed by atoms with van der Waals surface area (Å²) >= 11 is 0. The maximum atomic E-state index is 9.44. The Morgan fingerprint density at radius 3 is 2.61 bits per heavy atom. The number of nitrogens with one attached hydrogen (secondary N) is 1. The zero-order valence-electron chi connectivity index (χ0n) is 19.1. The number of amidine groups is 1. The Balaban J connectivity index is 1.31. The van der Waals surface area contributed by atoms with Crippen LogP contribution in [0.4, 0.5) is 0 Å². The van der Waals surface area contributed by atoms with Crippen LogP contribution in [0.25, 0.3) is 0 Å². The molecule has 1 saturated carbocycles. The summed E-state index contributed by atoms with van der Waals surface area (Å²) in [6.07, 6.45) is 10.8.